The van der Waals surface area contributed by atoms with E-state index < -0.39 is 12.0 Å². The Balaban J connectivity index is 1.75. The number of halogens is 3. The lowest BCUT2D eigenvalue weighted by atomic mass is 10.0. The molecule has 1 atom stereocenters. The number of methoxy groups -OCH3 is 1. The average molecular weight is 435 g/mol. The number of carbonyl (C=O) groups is 1. The number of hydrogen-bond acceptors (Lipinski definition) is 5. The van der Waals surface area contributed by atoms with Gasteiger partial charge in [0.15, 0.2) is 0 Å². The normalized spacial score (nSPS) is 12.8. The number of aryl methyl sites for hydroxylation is 2. The molecule has 0 N–H and O–H groups in total. The summed E-state index contributed by atoms with van der Waals surface area (Å²) in [7, 11) is 3.32. The molecule has 0 saturated carbocycles. The number of amides is 1. The van der Waals surface area contributed by atoms with E-state index in [4.69, 9.17) is 4.74 Å². The van der Waals surface area contributed by atoms with E-state index in [2.05, 4.69) is 15.1 Å². The number of benzene rings is 1. The van der Waals surface area contributed by atoms with Gasteiger partial charge in [0, 0.05) is 24.9 Å². The molecule has 1 aromatic carbocycles. The van der Waals surface area contributed by atoms with Crippen LogP contribution in [0.3, 0.4) is 0 Å². The second-order valence-electron chi connectivity index (χ2n) is 7.36. The predicted molar refractivity (Wildman–Crippen MR) is 108 cm³/mol. The highest BCUT2D eigenvalue weighted by molar-refractivity contribution is 5.76. The summed E-state index contributed by atoms with van der Waals surface area (Å²) < 4.78 is 45.0. The molecule has 1 amide bonds. The summed E-state index contributed by atoms with van der Waals surface area (Å²) in [4.78, 5) is 22.0. The van der Waals surface area contributed by atoms with E-state index in [1.807, 2.05) is 31.2 Å². The maximum atomic E-state index is 12.9. The van der Waals surface area contributed by atoms with E-state index in [9.17, 15) is 18.0 Å². The maximum Gasteiger partial charge on any atom is 0.453 e. The van der Waals surface area contributed by atoms with Crippen molar-refractivity contribution in [3.63, 3.8) is 0 Å². The Bertz CT molecular complexity index is 1090. The first-order chi connectivity index (χ1) is 14.5. The molecular weight excluding hydrogens is 411 g/mol. The van der Waals surface area contributed by atoms with Crippen LogP contribution in [-0.4, -0.2) is 44.5 Å². The summed E-state index contributed by atoms with van der Waals surface area (Å²) in [5, 5.41) is 3.54. The fourth-order valence-electron chi connectivity index (χ4n) is 3.42. The lowest BCUT2D eigenvalue weighted by Crippen LogP contribution is -2.30. The fourth-order valence-corrected chi connectivity index (χ4v) is 3.42. The molecule has 3 rings (SSSR count). The van der Waals surface area contributed by atoms with E-state index in [0.29, 0.717) is 23.4 Å². The van der Waals surface area contributed by atoms with Gasteiger partial charge in [-0.3, -0.25) is 4.79 Å². The van der Waals surface area contributed by atoms with Crippen molar-refractivity contribution >= 4 is 11.7 Å². The van der Waals surface area contributed by atoms with Gasteiger partial charge in [-0.2, -0.15) is 18.2 Å². The van der Waals surface area contributed by atoms with Crippen molar-refractivity contribution in [2.75, 3.05) is 14.2 Å². The van der Waals surface area contributed by atoms with Gasteiger partial charge in [0.1, 0.15) is 5.75 Å². The first-order valence-corrected chi connectivity index (χ1v) is 9.72. The second kappa shape index (κ2) is 8.52. The monoisotopic (exact) mass is 435 g/mol. The lowest BCUT2D eigenvalue weighted by Gasteiger charge is -2.26. The largest absolute Gasteiger partial charge is 0.497 e. The Kier molecular flexibility index (Phi) is 6.19. The summed E-state index contributed by atoms with van der Waals surface area (Å²) >= 11 is 0. The Labute approximate surface area is 177 Å². The fraction of sp³-hybridized carbons (Fsp3) is 0.429. The van der Waals surface area contributed by atoms with Crippen LogP contribution in [0.2, 0.25) is 0 Å². The van der Waals surface area contributed by atoms with Gasteiger partial charge in [-0.25, -0.2) is 9.50 Å². The van der Waals surface area contributed by atoms with Gasteiger partial charge >= 0.3 is 6.18 Å². The van der Waals surface area contributed by atoms with Gasteiger partial charge < -0.3 is 9.64 Å². The van der Waals surface area contributed by atoms with Gasteiger partial charge in [0.25, 0.3) is 11.6 Å². The molecule has 0 saturated heterocycles. The molecule has 0 bridgehead atoms. The van der Waals surface area contributed by atoms with Crippen LogP contribution in [0.1, 0.15) is 47.7 Å². The van der Waals surface area contributed by atoms with Crippen LogP contribution >= 0.6 is 0 Å². The molecule has 0 aliphatic rings. The van der Waals surface area contributed by atoms with Crippen molar-refractivity contribution in [2.45, 2.75) is 45.8 Å². The number of hydrogen-bond donors (Lipinski definition) is 0. The molecule has 0 radical (unpaired) electrons. The molecule has 166 valence electrons. The highest BCUT2D eigenvalue weighted by Gasteiger charge is 2.37. The number of ether oxygens (including phenoxy) is 1. The van der Waals surface area contributed by atoms with Gasteiger partial charge in [0.2, 0.25) is 5.91 Å². The molecule has 2 heterocycles. The van der Waals surface area contributed by atoms with Crippen molar-refractivity contribution in [3.05, 3.63) is 52.6 Å². The summed E-state index contributed by atoms with van der Waals surface area (Å²) in [6.07, 6.45) is -4.13. The molecule has 10 heteroatoms. The second-order valence-corrected chi connectivity index (χ2v) is 7.36. The third-order valence-corrected chi connectivity index (χ3v) is 5.46. The molecule has 0 aliphatic heterocycles. The van der Waals surface area contributed by atoms with Crippen molar-refractivity contribution in [1.29, 1.82) is 0 Å². The topological polar surface area (TPSA) is 72.6 Å². The summed E-state index contributed by atoms with van der Waals surface area (Å²) in [6, 6.07) is 7.34. The minimum absolute atomic E-state index is 0.0863. The van der Waals surface area contributed by atoms with Crippen molar-refractivity contribution in [2.24, 2.45) is 0 Å². The minimum Gasteiger partial charge on any atom is -0.497 e. The number of rotatable bonds is 6. The summed E-state index contributed by atoms with van der Waals surface area (Å²) in [5.74, 6) is -0.691. The highest BCUT2D eigenvalue weighted by atomic mass is 19.4. The van der Waals surface area contributed by atoms with Gasteiger partial charge in [-0.1, -0.05) is 12.1 Å². The van der Waals surface area contributed by atoms with Crippen LogP contribution in [0.25, 0.3) is 5.78 Å². The molecule has 2 aromatic heterocycles. The zero-order valence-corrected chi connectivity index (χ0v) is 18.0. The Morgan fingerprint density at radius 3 is 2.42 bits per heavy atom. The predicted octanol–water partition coefficient (Wildman–Crippen LogP) is 3.92. The molecule has 0 aliphatic carbocycles. The van der Waals surface area contributed by atoms with E-state index in [1.165, 1.54) is 0 Å². The van der Waals surface area contributed by atoms with Crippen LogP contribution in [-0.2, 0) is 17.4 Å². The van der Waals surface area contributed by atoms with Crippen LogP contribution in [0.5, 0.6) is 5.75 Å². The number of aromatic nitrogens is 4. The SMILES string of the molecule is COc1ccc(C(C)N(C)C(=O)CCc2c(C)nc3nc(C(F)(F)F)nn3c2C)cc1. The Morgan fingerprint density at radius 2 is 1.84 bits per heavy atom. The Hall–Kier alpha value is -3.17. The van der Waals surface area contributed by atoms with Crippen LogP contribution < -0.4 is 4.74 Å². The average Bonchev–Trinajstić information content (AvgIpc) is 3.17. The lowest BCUT2D eigenvalue weighted by molar-refractivity contribution is -0.144. The molecular formula is C21H24F3N5O2. The Morgan fingerprint density at radius 1 is 1.19 bits per heavy atom. The van der Waals surface area contributed by atoms with E-state index in [-0.39, 0.29) is 24.1 Å². The van der Waals surface area contributed by atoms with E-state index in [1.54, 1.807) is 32.9 Å². The van der Waals surface area contributed by atoms with E-state index in [0.717, 1.165) is 15.8 Å². The number of nitrogens with zero attached hydrogens (tertiary/aromatic N) is 5. The number of fused-ring (bicyclic) bond motifs is 1. The number of alkyl halides is 3. The van der Waals surface area contributed by atoms with Crippen LogP contribution in [0.15, 0.2) is 24.3 Å². The number of carbonyl (C=O) groups excluding carboxylic acids is 1. The first kappa shape index (κ1) is 22.5. The summed E-state index contributed by atoms with van der Waals surface area (Å²) in [6.45, 7) is 5.27. The summed E-state index contributed by atoms with van der Waals surface area (Å²) in [5.41, 5.74) is 2.67. The van der Waals surface area contributed by atoms with Crippen molar-refractivity contribution < 1.29 is 22.7 Å². The molecule has 7 nitrogen and oxygen atoms in total. The highest BCUT2D eigenvalue weighted by Crippen LogP contribution is 2.27. The molecule has 1 unspecified atom stereocenters. The first-order valence-electron chi connectivity index (χ1n) is 9.72. The molecule has 0 fully saturated rings. The maximum absolute atomic E-state index is 12.9. The standard InChI is InChI=1S/C21H24F3N5O2/c1-12-17(14(3)29-20(25-12)26-19(27-29)21(22,23)24)10-11-18(30)28(4)13(2)15-6-8-16(31-5)9-7-15/h6-9,13H,10-11H2,1-5H3. The minimum atomic E-state index is -4.65. The third-order valence-electron chi connectivity index (χ3n) is 5.46. The molecule has 31 heavy (non-hydrogen) atoms. The van der Waals surface area contributed by atoms with E-state index >= 15 is 0 Å². The zero-order valence-electron chi connectivity index (χ0n) is 18.0. The van der Waals surface area contributed by atoms with Gasteiger partial charge in [-0.15, -0.1) is 5.10 Å². The van der Waals surface area contributed by atoms with Crippen molar-refractivity contribution in [1.82, 2.24) is 24.5 Å². The smallest absolute Gasteiger partial charge is 0.453 e. The third kappa shape index (κ3) is 4.62. The van der Waals surface area contributed by atoms with Crippen LogP contribution in [0.4, 0.5) is 13.2 Å². The quantitative estimate of drug-likeness (QED) is 0.587. The molecule has 0 spiro atoms. The zero-order chi connectivity index (χ0) is 22.9. The van der Waals surface area contributed by atoms with Gasteiger partial charge in [-0.05, 0) is 50.5 Å². The van der Waals surface area contributed by atoms with Crippen LogP contribution in [0, 0.1) is 13.8 Å². The van der Waals surface area contributed by atoms with Crippen molar-refractivity contribution in [3.8, 4) is 5.75 Å². The van der Waals surface area contributed by atoms with Gasteiger partial charge in [0.05, 0.1) is 13.2 Å². The molecule has 3 aromatic rings.